The summed E-state index contributed by atoms with van der Waals surface area (Å²) in [5, 5.41) is 12.7. The van der Waals surface area contributed by atoms with Crippen molar-refractivity contribution in [2.24, 2.45) is 0 Å². The zero-order chi connectivity index (χ0) is 19.3. The number of aromatic carboxylic acids is 1. The van der Waals surface area contributed by atoms with Crippen molar-refractivity contribution in [3.05, 3.63) is 40.4 Å². The van der Waals surface area contributed by atoms with Crippen LogP contribution in [0.15, 0.2) is 23.6 Å². The first kappa shape index (κ1) is 17.5. The average molecular weight is 373 g/mol. The maximum Gasteiger partial charge on any atom is 0.341 e. The van der Waals surface area contributed by atoms with Gasteiger partial charge in [-0.25, -0.2) is 9.18 Å². The molecule has 1 aliphatic carbocycles. The van der Waals surface area contributed by atoms with Crippen molar-refractivity contribution in [1.29, 1.82) is 0 Å². The summed E-state index contributed by atoms with van der Waals surface area (Å²) in [7, 11) is 1.41. The number of fused-ring (bicyclic) bond motifs is 1. The molecule has 7 nitrogen and oxygen atoms in total. The summed E-state index contributed by atoms with van der Waals surface area (Å²) in [5.41, 5.74) is -0.581. The van der Waals surface area contributed by atoms with Crippen molar-refractivity contribution in [2.45, 2.75) is 18.4 Å². The first-order valence-corrected chi connectivity index (χ1v) is 8.72. The van der Waals surface area contributed by atoms with Crippen LogP contribution in [0.2, 0.25) is 0 Å². The van der Waals surface area contributed by atoms with Gasteiger partial charge in [0.1, 0.15) is 16.8 Å². The molecule has 0 radical (unpaired) electrons. The predicted molar refractivity (Wildman–Crippen MR) is 100 cm³/mol. The van der Waals surface area contributed by atoms with Crippen molar-refractivity contribution in [3.63, 3.8) is 0 Å². The highest BCUT2D eigenvalue weighted by molar-refractivity contribution is 5.97. The van der Waals surface area contributed by atoms with E-state index in [-0.39, 0.29) is 22.4 Å². The van der Waals surface area contributed by atoms with E-state index in [1.54, 1.807) is 0 Å². The van der Waals surface area contributed by atoms with Gasteiger partial charge in [-0.1, -0.05) is 6.58 Å². The fourth-order valence-corrected chi connectivity index (χ4v) is 3.86. The molecule has 27 heavy (non-hydrogen) atoms. The molecular formula is C19H20FN3O4. The van der Waals surface area contributed by atoms with Gasteiger partial charge in [-0.15, -0.1) is 0 Å². The monoisotopic (exact) mass is 373 g/mol. The Hall–Kier alpha value is -2.87. The van der Waals surface area contributed by atoms with Crippen LogP contribution in [0.4, 0.5) is 10.1 Å². The van der Waals surface area contributed by atoms with Gasteiger partial charge in [0.25, 0.3) is 0 Å². The fourth-order valence-electron chi connectivity index (χ4n) is 3.86. The minimum atomic E-state index is -1.38. The number of benzene rings is 1. The molecule has 2 heterocycles. The van der Waals surface area contributed by atoms with Crippen LogP contribution in [-0.4, -0.2) is 47.9 Å². The zero-order valence-corrected chi connectivity index (χ0v) is 14.9. The summed E-state index contributed by atoms with van der Waals surface area (Å²) in [5.74, 6) is -1.78. The van der Waals surface area contributed by atoms with Crippen LogP contribution in [0.25, 0.3) is 17.1 Å². The van der Waals surface area contributed by atoms with Crippen LogP contribution in [0.1, 0.15) is 23.2 Å². The van der Waals surface area contributed by atoms with E-state index in [4.69, 9.17) is 4.74 Å². The Balaban J connectivity index is 2.00. The number of halogens is 1. The number of ether oxygens (including phenoxy) is 1. The van der Waals surface area contributed by atoms with Crippen LogP contribution in [0, 0.1) is 5.82 Å². The Morgan fingerprint density at radius 2 is 2.22 bits per heavy atom. The molecule has 1 aliphatic heterocycles. The van der Waals surface area contributed by atoms with E-state index in [1.807, 2.05) is 4.90 Å². The zero-order valence-electron chi connectivity index (χ0n) is 14.9. The first-order chi connectivity index (χ1) is 12.9. The van der Waals surface area contributed by atoms with Crippen LogP contribution < -0.4 is 20.4 Å². The number of pyridine rings is 1. The molecule has 2 fully saturated rings. The number of carbonyl (C=O) groups is 1. The molecule has 142 valence electrons. The van der Waals surface area contributed by atoms with Gasteiger partial charge in [-0.05, 0) is 18.9 Å². The SMILES string of the molecule is C=Cn1cc(C(=O)O)c(=O)c2cc(F)c(N3CCNC4(CC4)C3)c(OC)c21. The van der Waals surface area contributed by atoms with E-state index < -0.39 is 22.8 Å². The highest BCUT2D eigenvalue weighted by atomic mass is 19.1. The molecule has 2 aromatic rings. The second kappa shape index (κ2) is 6.09. The minimum absolute atomic E-state index is 0.0237. The summed E-state index contributed by atoms with van der Waals surface area (Å²) in [6.45, 7) is 5.66. The molecule has 0 unspecified atom stereocenters. The van der Waals surface area contributed by atoms with Gasteiger partial charge < -0.3 is 24.6 Å². The molecule has 1 saturated carbocycles. The first-order valence-electron chi connectivity index (χ1n) is 8.72. The lowest BCUT2D eigenvalue weighted by atomic mass is 10.1. The quantitative estimate of drug-likeness (QED) is 0.852. The third-order valence-electron chi connectivity index (χ3n) is 5.37. The smallest absolute Gasteiger partial charge is 0.341 e. The summed E-state index contributed by atoms with van der Waals surface area (Å²) < 4.78 is 22.0. The minimum Gasteiger partial charge on any atom is -0.492 e. The van der Waals surface area contributed by atoms with Crippen molar-refractivity contribution in [1.82, 2.24) is 9.88 Å². The van der Waals surface area contributed by atoms with Crippen molar-refractivity contribution in [2.75, 3.05) is 31.6 Å². The third-order valence-corrected chi connectivity index (χ3v) is 5.37. The van der Waals surface area contributed by atoms with Gasteiger partial charge in [0.05, 0.1) is 12.5 Å². The van der Waals surface area contributed by atoms with Crippen molar-refractivity contribution >= 4 is 28.8 Å². The number of aromatic nitrogens is 1. The van der Waals surface area contributed by atoms with Crippen LogP contribution in [0.3, 0.4) is 0 Å². The Morgan fingerprint density at radius 3 is 2.81 bits per heavy atom. The van der Waals surface area contributed by atoms with E-state index >= 15 is 4.39 Å². The number of hydrogen-bond donors (Lipinski definition) is 2. The molecular weight excluding hydrogens is 353 g/mol. The van der Waals surface area contributed by atoms with Gasteiger partial charge in [0.2, 0.25) is 5.43 Å². The molecule has 2 aliphatic rings. The standard InChI is InChI=1S/C19H20FN3O4/c1-3-22-9-12(18(25)26)16(24)11-8-13(20)15(17(27-2)14(11)22)23-7-6-21-19(10-23)4-5-19/h3,8-9,21H,1,4-7,10H2,2H3,(H,25,26). The van der Waals surface area contributed by atoms with Gasteiger partial charge >= 0.3 is 5.97 Å². The van der Waals surface area contributed by atoms with Crippen LogP contribution in [0.5, 0.6) is 5.75 Å². The number of carboxylic acid groups (broad SMARTS) is 1. The summed E-state index contributed by atoms with van der Waals surface area (Å²) >= 11 is 0. The number of carboxylic acids is 1. The largest absolute Gasteiger partial charge is 0.492 e. The van der Waals surface area contributed by atoms with Gasteiger partial charge in [0, 0.05) is 37.6 Å². The van der Waals surface area contributed by atoms with Crippen LogP contribution in [-0.2, 0) is 0 Å². The lowest BCUT2D eigenvalue weighted by Crippen LogP contribution is -2.52. The van der Waals surface area contributed by atoms with Gasteiger partial charge in [-0.3, -0.25) is 4.79 Å². The Kier molecular flexibility index (Phi) is 3.96. The number of rotatable bonds is 4. The van der Waals surface area contributed by atoms with Crippen molar-refractivity contribution < 1.29 is 19.0 Å². The van der Waals surface area contributed by atoms with Crippen LogP contribution >= 0.6 is 0 Å². The maximum absolute atomic E-state index is 15.1. The topological polar surface area (TPSA) is 83.8 Å². The van der Waals surface area contributed by atoms with E-state index in [2.05, 4.69) is 11.9 Å². The number of anilines is 1. The van der Waals surface area contributed by atoms with Gasteiger partial charge in [-0.2, -0.15) is 0 Å². The fraction of sp³-hybridized carbons (Fsp3) is 0.368. The molecule has 4 rings (SSSR count). The second-order valence-corrected chi connectivity index (χ2v) is 7.03. The van der Waals surface area contributed by atoms with E-state index in [0.29, 0.717) is 18.6 Å². The lowest BCUT2D eigenvalue weighted by Gasteiger charge is -2.36. The number of piperazine rings is 1. The predicted octanol–water partition coefficient (Wildman–Crippen LogP) is 1.89. The number of nitrogens with one attached hydrogen (secondary N) is 1. The Bertz CT molecular complexity index is 1030. The highest BCUT2D eigenvalue weighted by Gasteiger charge is 2.46. The Labute approximate surface area is 154 Å². The van der Waals surface area contributed by atoms with E-state index in [9.17, 15) is 14.7 Å². The number of nitrogens with zero attached hydrogens (tertiary/aromatic N) is 2. The molecule has 1 aromatic carbocycles. The maximum atomic E-state index is 15.1. The molecule has 0 amide bonds. The van der Waals surface area contributed by atoms with E-state index in [1.165, 1.54) is 24.1 Å². The summed E-state index contributed by atoms with van der Waals surface area (Å²) in [4.78, 5) is 25.9. The van der Waals surface area contributed by atoms with Gasteiger partial charge in [0.15, 0.2) is 11.6 Å². The lowest BCUT2D eigenvalue weighted by molar-refractivity contribution is 0.0695. The number of methoxy groups -OCH3 is 1. The molecule has 1 spiro atoms. The summed E-state index contributed by atoms with van der Waals surface area (Å²) in [6.07, 6.45) is 4.64. The molecule has 0 bridgehead atoms. The summed E-state index contributed by atoms with van der Waals surface area (Å²) in [6, 6.07) is 1.10. The normalized spacial score (nSPS) is 17.9. The van der Waals surface area contributed by atoms with E-state index in [0.717, 1.165) is 25.5 Å². The second-order valence-electron chi connectivity index (χ2n) is 7.03. The molecule has 0 atom stereocenters. The average Bonchev–Trinajstić information content (AvgIpc) is 3.39. The van der Waals surface area contributed by atoms with Crippen molar-refractivity contribution in [3.8, 4) is 5.75 Å². The third kappa shape index (κ3) is 2.68. The molecule has 1 aromatic heterocycles. The molecule has 2 N–H and O–H groups in total. The molecule has 8 heteroatoms. The number of hydrogen-bond acceptors (Lipinski definition) is 5. The highest BCUT2D eigenvalue weighted by Crippen LogP contribution is 2.43. The Morgan fingerprint density at radius 1 is 1.48 bits per heavy atom. The molecule has 1 saturated heterocycles.